The van der Waals surface area contributed by atoms with Gasteiger partial charge in [0.25, 0.3) is 11.8 Å². The van der Waals surface area contributed by atoms with Crippen LogP contribution in [0.15, 0.2) is 79.0 Å². The van der Waals surface area contributed by atoms with Gasteiger partial charge in [0.1, 0.15) is 5.82 Å². The number of likely N-dealkylation sites (tertiary alicyclic amines) is 1. The molecule has 0 aromatic heterocycles. The van der Waals surface area contributed by atoms with Gasteiger partial charge in [-0.3, -0.25) is 4.79 Å². The molecular weight excluding hydrogens is 513 g/mol. The number of anilines is 3. The SMILES string of the molecule is C=C(C1CCN(C(=O)c2ccc(Nc3cccc(F)c3)c(C=N)c2)CC1)N(CC1CC1(F)F)c1ccccc1C. The first kappa shape index (κ1) is 27.5. The van der Waals surface area contributed by atoms with Crippen molar-refractivity contribution in [1.29, 1.82) is 5.41 Å². The number of carbonyl (C=O) groups excluding carboxylic acids is 1. The van der Waals surface area contributed by atoms with E-state index >= 15 is 0 Å². The molecule has 2 aliphatic rings. The number of amides is 1. The summed E-state index contributed by atoms with van der Waals surface area (Å²) in [7, 11) is 0. The second kappa shape index (κ2) is 11.2. The number of carbonyl (C=O) groups is 1. The molecule has 8 heteroatoms. The fourth-order valence-corrected chi connectivity index (χ4v) is 5.39. The number of benzene rings is 3. The van der Waals surface area contributed by atoms with Gasteiger partial charge in [-0.15, -0.1) is 0 Å². The maximum absolute atomic E-state index is 13.9. The maximum Gasteiger partial charge on any atom is 0.253 e. The fraction of sp³-hybridized carbons (Fsp3) is 0.312. The summed E-state index contributed by atoms with van der Waals surface area (Å²) < 4.78 is 41.3. The van der Waals surface area contributed by atoms with Crippen molar-refractivity contribution < 1.29 is 18.0 Å². The predicted octanol–water partition coefficient (Wildman–Crippen LogP) is 7.40. The van der Waals surface area contributed by atoms with Gasteiger partial charge < -0.3 is 20.5 Å². The smallest absolute Gasteiger partial charge is 0.253 e. The monoisotopic (exact) mass is 546 g/mol. The third-order valence-electron chi connectivity index (χ3n) is 7.92. The second-order valence-electron chi connectivity index (χ2n) is 10.7. The van der Waals surface area contributed by atoms with E-state index in [9.17, 15) is 18.0 Å². The van der Waals surface area contributed by atoms with E-state index in [0.717, 1.165) is 23.2 Å². The zero-order valence-corrected chi connectivity index (χ0v) is 22.5. The summed E-state index contributed by atoms with van der Waals surface area (Å²) in [4.78, 5) is 17.1. The summed E-state index contributed by atoms with van der Waals surface area (Å²) in [6.07, 6.45) is 2.44. The number of hydrogen-bond acceptors (Lipinski definition) is 4. The molecule has 1 saturated heterocycles. The number of nitrogens with one attached hydrogen (secondary N) is 2. The number of rotatable bonds is 9. The summed E-state index contributed by atoms with van der Waals surface area (Å²) in [6.45, 7) is 7.60. The van der Waals surface area contributed by atoms with Gasteiger partial charge in [0.15, 0.2) is 0 Å². The van der Waals surface area contributed by atoms with Gasteiger partial charge in [0, 0.05) is 78.0 Å². The van der Waals surface area contributed by atoms with E-state index in [1.165, 1.54) is 12.1 Å². The topological polar surface area (TPSA) is 59.4 Å². The van der Waals surface area contributed by atoms with Gasteiger partial charge in [-0.1, -0.05) is 30.8 Å². The molecule has 0 bridgehead atoms. The van der Waals surface area contributed by atoms with Gasteiger partial charge in [0.2, 0.25) is 0 Å². The standard InChI is InChI=1S/C32H33F3N4O/c1-21-6-3-4-9-30(21)39(20-26-18-32(26,34)35)22(2)23-12-14-38(15-13-23)31(40)24-10-11-29(25(16-24)19-36)37-28-8-5-7-27(33)17-28/h3-11,16-17,19,23,26,36-37H,2,12-15,18,20H2,1H3. The van der Waals surface area contributed by atoms with Crippen molar-refractivity contribution in [1.82, 2.24) is 4.90 Å². The van der Waals surface area contributed by atoms with E-state index in [1.54, 1.807) is 35.2 Å². The maximum atomic E-state index is 13.9. The molecule has 1 atom stereocenters. The number of allylic oxidation sites excluding steroid dienone is 1. The van der Waals surface area contributed by atoms with Crippen molar-refractivity contribution >= 4 is 29.2 Å². The van der Waals surface area contributed by atoms with Crippen LogP contribution in [0, 0.1) is 30.0 Å². The van der Waals surface area contributed by atoms with E-state index in [4.69, 9.17) is 5.41 Å². The van der Waals surface area contributed by atoms with Crippen LogP contribution in [0.4, 0.5) is 30.2 Å². The van der Waals surface area contributed by atoms with Crippen molar-refractivity contribution in [3.05, 3.63) is 102 Å². The molecule has 5 rings (SSSR count). The van der Waals surface area contributed by atoms with Crippen LogP contribution in [0.25, 0.3) is 0 Å². The minimum absolute atomic E-state index is 0.0750. The quantitative estimate of drug-likeness (QED) is 0.275. The Hall–Kier alpha value is -4.07. The molecule has 0 radical (unpaired) electrons. The molecule has 5 nitrogen and oxygen atoms in total. The number of hydrogen-bond donors (Lipinski definition) is 2. The number of aryl methyl sites for hydroxylation is 1. The lowest BCUT2D eigenvalue weighted by Gasteiger charge is -2.38. The number of halogens is 3. The Morgan fingerprint density at radius 1 is 1.12 bits per heavy atom. The highest BCUT2D eigenvalue weighted by atomic mass is 19.3. The number of alkyl halides is 2. The summed E-state index contributed by atoms with van der Waals surface area (Å²) in [5.74, 6) is -3.71. The molecule has 3 aromatic carbocycles. The first-order valence-corrected chi connectivity index (χ1v) is 13.5. The molecular formula is C32H33F3N4O. The van der Waals surface area contributed by atoms with Crippen molar-refractivity contribution in [3.63, 3.8) is 0 Å². The summed E-state index contributed by atoms with van der Waals surface area (Å²) in [5, 5.41) is 10.9. The highest BCUT2D eigenvalue weighted by molar-refractivity contribution is 5.98. The average Bonchev–Trinajstić information content (AvgIpc) is 3.57. The van der Waals surface area contributed by atoms with Crippen LogP contribution in [0.1, 0.15) is 40.7 Å². The molecule has 0 spiro atoms. The van der Waals surface area contributed by atoms with E-state index in [1.807, 2.05) is 36.1 Å². The molecule has 208 valence electrons. The van der Waals surface area contributed by atoms with Crippen LogP contribution in [0.5, 0.6) is 0 Å². The molecule has 1 heterocycles. The number of para-hydroxylation sites is 1. The Morgan fingerprint density at radius 3 is 2.50 bits per heavy atom. The molecule has 2 fully saturated rings. The van der Waals surface area contributed by atoms with Crippen LogP contribution >= 0.6 is 0 Å². The lowest BCUT2D eigenvalue weighted by Crippen LogP contribution is -2.41. The van der Waals surface area contributed by atoms with Crippen LogP contribution in [0.2, 0.25) is 0 Å². The Morgan fingerprint density at radius 2 is 1.85 bits per heavy atom. The summed E-state index contributed by atoms with van der Waals surface area (Å²) in [6, 6.07) is 18.9. The van der Waals surface area contributed by atoms with Crippen LogP contribution < -0.4 is 10.2 Å². The highest BCUT2D eigenvalue weighted by Gasteiger charge is 2.57. The Bertz CT molecular complexity index is 1430. The molecule has 3 aromatic rings. The van der Waals surface area contributed by atoms with E-state index < -0.39 is 11.8 Å². The zero-order valence-electron chi connectivity index (χ0n) is 22.5. The van der Waals surface area contributed by atoms with Gasteiger partial charge in [-0.2, -0.15) is 0 Å². The van der Waals surface area contributed by atoms with Crippen molar-refractivity contribution in [2.24, 2.45) is 11.8 Å². The van der Waals surface area contributed by atoms with E-state index in [0.29, 0.717) is 48.4 Å². The fourth-order valence-electron chi connectivity index (χ4n) is 5.39. The van der Waals surface area contributed by atoms with Crippen LogP contribution in [0.3, 0.4) is 0 Å². The first-order valence-electron chi connectivity index (χ1n) is 13.5. The normalized spacial score (nSPS) is 18.2. The molecule has 1 saturated carbocycles. The minimum atomic E-state index is -2.62. The van der Waals surface area contributed by atoms with Gasteiger partial charge in [0.05, 0.1) is 0 Å². The average molecular weight is 547 g/mol. The highest BCUT2D eigenvalue weighted by Crippen LogP contribution is 2.50. The van der Waals surface area contributed by atoms with Gasteiger partial charge in [-0.05, 0) is 67.8 Å². The molecule has 1 amide bonds. The van der Waals surface area contributed by atoms with Crippen LogP contribution in [-0.4, -0.2) is 42.6 Å². The zero-order chi connectivity index (χ0) is 28.4. The van der Waals surface area contributed by atoms with E-state index in [2.05, 4.69) is 11.9 Å². The van der Waals surface area contributed by atoms with Crippen LogP contribution in [-0.2, 0) is 0 Å². The molecule has 1 aliphatic carbocycles. The number of nitrogens with zero attached hydrogens (tertiary/aromatic N) is 2. The molecule has 1 aliphatic heterocycles. The van der Waals surface area contributed by atoms with Gasteiger partial charge >= 0.3 is 0 Å². The number of piperidine rings is 1. The molecule has 2 N–H and O–H groups in total. The van der Waals surface area contributed by atoms with Crippen molar-refractivity contribution in [2.45, 2.75) is 32.1 Å². The lowest BCUT2D eigenvalue weighted by molar-refractivity contribution is 0.0700. The third kappa shape index (κ3) is 5.91. The Kier molecular flexibility index (Phi) is 7.70. The molecule has 1 unspecified atom stereocenters. The van der Waals surface area contributed by atoms with E-state index in [-0.39, 0.29) is 30.6 Å². The Labute approximate surface area is 232 Å². The van der Waals surface area contributed by atoms with Crippen molar-refractivity contribution in [3.8, 4) is 0 Å². The second-order valence-corrected chi connectivity index (χ2v) is 10.7. The lowest BCUT2D eigenvalue weighted by atomic mass is 9.92. The summed E-state index contributed by atoms with van der Waals surface area (Å²) in [5.41, 5.74) is 4.88. The van der Waals surface area contributed by atoms with Crippen molar-refractivity contribution in [2.75, 3.05) is 29.9 Å². The third-order valence-corrected chi connectivity index (χ3v) is 7.92. The predicted molar refractivity (Wildman–Crippen MR) is 153 cm³/mol. The minimum Gasteiger partial charge on any atom is -0.355 e. The molecule has 40 heavy (non-hydrogen) atoms. The Balaban J connectivity index is 1.25. The summed E-state index contributed by atoms with van der Waals surface area (Å²) >= 11 is 0. The largest absolute Gasteiger partial charge is 0.355 e. The van der Waals surface area contributed by atoms with Gasteiger partial charge in [-0.25, -0.2) is 13.2 Å². The first-order chi connectivity index (χ1) is 19.2.